The summed E-state index contributed by atoms with van der Waals surface area (Å²) in [6, 6.07) is 0.205. The van der Waals surface area contributed by atoms with Crippen LogP contribution < -0.4 is 0 Å². The number of hydrogen-bond acceptors (Lipinski definition) is 3. The van der Waals surface area contributed by atoms with Gasteiger partial charge in [-0.05, 0) is 45.4 Å². The Morgan fingerprint density at radius 2 is 1.85 bits per heavy atom. The summed E-state index contributed by atoms with van der Waals surface area (Å²) in [6.45, 7) is 4.21. The lowest BCUT2D eigenvalue weighted by molar-refractivity contribution is 0.129. The lowest BCUT2D eigenvalue weighted by Gasteiger charge is -2.43. The summed E-state index contributed by atoms with van der Waals surface area (Å²) in [6.07, 6.45) is 6.76. The van der Waals surface area contributed by atoms with E-state index in [2.05, 4.69) is 10.2 Å². The average Bonchev–Trinajstić information content (AvgIpc) is 2.78. The first kappa shape index (κ1) is 14.1. The van der Waals surface area contributed by atoms with Crippen LogP contribution in [0, 0.1) is 19.8 Å². The number of nitrogens with one attached hydrogen (secondary N) is 1. The molecule has 2 heterocycles. The summed E-state index contributed by atoms with van der Waals surface area (Å²) in [5, 5.41) is 6.85. The average molecular weight is 297 g/mol. The molecule has 1 aromatic heterocycles. The molecule has 0 amide bonds. The van der Waals surface area contributed by atoms with Crippen LogP contribution in [0.3, 0.4) is 0 Å². The van der Waals surface area contributed by atoms with Crippen molar-refractivity contribution in [3.63, 3.8) is 0 Å². The lowest BCUT2D eigenvalue weighted by Crippen LogP contribution is -2.49. The van der Waals surface area contributed by atoms with Crippen LogP contribution in [0.4, 0.5) is 0 Å². The number of piperidine rings is 1. The minimum atomic E-state index is -3.41. The highest BCUT2D eigenvalue weighted by atomic mass is 32.2. The molecule has 1 aliphatic carbocycles. The molecule has 112 valence electrons. The molecular weight excluding hydrogens is 274 g/mol. The third kappa shape index (κ3) is 2.19. The highest BCUT2D eigenvalue weighted by molar-refractivity contribution is 7.89. The maximum Gasteiger partial charge on any atom is 0.246 e. The van der Waals surface area contributed by atoms with E-state index in [4.69, 9.17) is 0 Å². The number of sulfonamides is 1. The normalized spacial score (nSPS) is 28.3. The maximum absolute atomic E-state index is 13.0. The molecule has 2 aliphatic rings. The number of rotatable bonds is 2. The molecular formula is C14H23N3O2S. The van der Waals surface area contributed by atoms with Crippen LogP contribution in [0.25, 0.3) is 0 Å². The predicted octanol–water partition coefficient (Wildman–Crippen LogP) is 2.37. The van der Waals surface area contributed by atoms with E-state index in [1.165, 1.54) is 19.3 Å². The van der Waals surface area contributed by atoms with Crippen LogP contribution in [-0.4, -0.2) is 35.5 Å². The molecule has 0 aromatic carbocycles. The molecule has 0 unspecified atom stereocenters. The zero-order valence-corrected chi connectivity index (χ0v) is 13.0. The summed E-state index contributed by atoms with van der Waals surface area (Å²) in [5.41, 5.74) is 1.24. The first-order valence-electron chi connectivity index (χ1n) is 7.55. The van der Waals surface area contributed by atoms with Gasteiger partial charge < -0.3 is 0 Å². The van der Waals surface area contributed by atoms with E-state index < -0.39 is 10.0 Å². The van der Waals surface area contributed by atoms with Crippen LogP contribution in [0.15, 0.2) is 4.90 Å². The summed E-state index contributed by atoms with van der Waals surface area (Å²) in [4.78, 5) is 0.392. The number of aryl methyl sites for hydroxylation is 2. The van der Waals surface area contributed by atoms with E-state index in [0.29, 0.717) is 28.7 Å². The maximum atomic E-state index is 13.0. The van der Waals surface area contributed by atoms with Crippen LogP contribution in [0.2, 0.25) is 0 Å². The SMILES string of the molecule is Cc1n[nH]c(C)c1S(=O)(=O)N1CCC[C@H]2CCCC[C@H]21. The van der Waals surface area contributed by atoms with Crippen LogP contribution in [-0.2, 0) is 10.0 Å². The molecule has 1 saturated carbocycles. The molecule has 6 heteroatoms. The van der Waals surface area contributed by atoms with Crippen molar-refractivity contribution in [2.24, 2.45) is 5.92 Å². The second-order valence-electron chi connectivity index (χ2n) is 6.13. The molecule has 1 aromatic rings. The number of aromatic nitrogens is 2. The van der Waals surface area contributed by atoms with Gasteiger partial charge in [0.15, 0.2) is 0 Å². The molecule has 0 bridgehead atoms. The van der Waals surface area contributed by atoms with Gasteiger partial charge in [0.2, 0.25) is 10.0 Å². The topological polar surface area (TPSA) is 66.1 Å². The summed E-state index contributed by atoms with van der Waals surface area (Å²) in [7, 11) is -3.41. The van der Waals surface area contributed by atoms with Crippen molar-refractivity contribution in [2.45, 2.75) is 63.3 Å². The third-order valence-corrected chi connectivity index (χ3v) is 7.01. The van der Waals surface area contributed by atoms with E-state index >= 15 is 0 Å². The van der Waals surface area contributed by atoms with Gasteiger partial charge in [0, 0.05) is 12.6 Å². The monoisotopic (exact) mass is 297 g/mol. The van der Waals surface area contributed by atoms with Crippen LogP contribution >= 0.6 is 0 Å². The zero-order valence-electron chi connectivity index (χ0n) is 12.2. The minimum Gasteiger partial charge on any atom is -0.281 e. The van der Waals surface area contributed by atoms with Crippen LogP contribution in [0.5, 0.6) is 0 Å². The third-order valence-electron chi connectivity index (χ3n) is 4.82. The van der Waals surface area contributed by atoms with Gasteiger partial charge >= 0.3 is 0 Å². The lowest BCUT2D eigenvalue weighted by atomic mass is 9.79. The number of nitrogens with zero attached hydrogens (tertiary/aromatic N) is 2. The van der Waals surface area contributed by atoms with Gasteiger partial charge in [-0.1, -0.05) is 12.8 Å². The molecule has 2 atom stereocenters. The van der Waals surface area contributed by atoms with Gasteiger partial charge in [0.1, 0.15) is 4.90 Å². The van der Waals surface area contributed by atoms with Gasteiger partial charge in [-0.3, -0.25) is 5.10 Å². The Morgan fingerprint density at radius 1 is 1.15 bits per heavy atom. The second-order valence-corrected chi connectivity index (χ2v) is 7.96. The minimum absolute atomic E-state index is 0.205. The zero-order chi connectivity index (χ0) is 14.3. The molecule has 1 saturated heterocycles. The van der Waals surface area contributed by atoms with Crippen molar-refractivity contribution < 1.29 is 8.42 Å². The Morgan fingerprint density at radius 3 is 2.55 bits per heavy atom. The van der Waals surface area contributed by atoms with Crippen molar-refractivity contribution >= 4 is 10.0 Å². The first-order chi connectivity index (χ1) is 9.51. The van der Waals surface area contributed by atoms with Gasteiger partial charge in [-0.25, -0.2) is 8.42 Å². The molecule has 1 N–H and O–H groups in total. The molecule has 3 rings (SSSR count). The molecule has 5 nitrogen and oxygen atoms in total. The predicted molar refractivity (Wildman–Crippen MR) is 76.9 cm³/mol. The smallest absolute Gasteiger partial charge is 0.246 e. The van der Waals surface area contributed by atoms with E-state index in [0.717, 1.165) is 19.3 Å². The molecule has 20 heavy (non-hydrogen) atoms. The Bertz CT molecular complexity index is 572. The van der Waals surface area contributed by atoms with Crippen molar-refractivity contribution in [1.29, 1.82) is 0 Å². The molecule has 2 fully saturated rings. The Hall–Kier alpha value is -0.880. The number of hydrogen-bond donors (Lipinski definition) is 1. The van der Waals surface area contributed by atoms with E-state index in [-0.39, 0.29) is 6.04 Å². The largest absolute Gasteiger partial charge is 0.281 e. The summed E-state index contributed by atoms with van der Waals surface area (Å²) >= 11 is 0. The highest BCUT2D eigenvalue weighted by Crippen LogP contribution is 2.38. The summed E-state index contributed by atoms with van der Waals surface area (Å²) < 4.78 is 27.8. The standard InChI is InChI=1S/C14H23N3O2S/c1-10-14(11(2)16-15-10)20(18,19)17-9-5-7-12-6-3-4-8-13(12)17/h12-13H,3-9H2,1-2H3,(H,15,16)/t12-,13-/m1/s1. The van der Waals surface area contributed by atoms with Crippen molar-refractivity contribution in [3.8, 4) is 0 Å². The van der Waals surface area contributed by atoms with E-state index in [1.54, 1.807) is 18.2 Å². The van der Waals surface area contributed by atoms with Crippen molar-refractivity contribution in [3.05, 3.63) is 11.4 Å². The fourth-order valence-corrected chi connectivity index (χ4v) is 6.01. The van der Waals surface area contributed by atoms with Gasteiger partial charge in [-0.2, -0.15) is 9.40 Å². The van der Waals surface area contributed by atoms with E-state index in [9.17, 15) is 8.42 Å². The second kappa shape index (κ2) is 5.15. The quantitative estimate of drug-likeness (QED) is 0.911. The van der Waals surface area contributed by atoms with Gasteiger partial charge in [-0.15, -0.1) is 0 Å². The first-order valence-corrected chi connectivity index (χ1v) is 8.99. The van der Waals surface area contributed by atoms with Crippen LogP contribution in [0.1, 0.15) is 49.9 Å². The fourth-order valence-electron chi connectivity index (χ4n) is 3.92. The van der Waals surface area contributed by atoms with E-state index in [1.807, 2.05) is 0 Å². The Kier molecular flexibility index (Phi) is 3.62. The van der Waals surface area contributed by atoms with Crippen molar-refractivity contribution in [1.82, 2.24) is 14.5 Å². The molecule has 0 radical (unpaired) electrons. The molecule has 0 spiro atoms. The number of aromatic amines is 1. The van der Waals surface area contributed by atoms with Crippen molar-refractivity contribution in [2.75, 3.05) is 6.54 Å². The van der Waals surface area contributed by atoms with Gasteiger partial charge in [0.25, 0.3) is 0 Å². The number of fused-ring (bicyclic) bond motifs is 1. The number of H-pyrrole nitrogens is 1. The summed E-state index contributed by atoms with van der Waals surface area (Å²) in [5.74, 6) is 0.555. The van der Waals surface area contributed by atoms with Gasteiger partial charge in [0.05, 0.1) is 11.4 Å². The Balaban J connectivity index is 1.98. The highest BCUT2D eigenvalue weighted by Gasteiger charge is 2.41. The molecule has 1 aliphatic heterocycles. The Labute approximate surface area is 120 Å². The fraction of sp³-hybridized carbons (Fsp3) is 0.786.